The highest BCUT2D eigenvalue weighted by Crippen LogP contribution is 2.20. The first-order valence-corrected chi connectivity index (χ1v) is 9.84. The van der Waals surface area contributed by atoms with Crippen LogP contribution in [0.5, 0.6) is 5.75 Å². The summed E-state index contributed by atoms with van der Waals surface area (Å²) in [6.45, 7) is 8.44. The topological polar surface area (TPSA) is 102 Å². The number of carbonyl (C=O) groups is 2. The maximum Gasteiger partial charge on any atom is 0.336 e. The molecule has 0 saturated heterocycles. The number of carboxylic acid groups (broad SMARTS) is 2. The van der Waals surface area contributed by atoms with Crippen LogP contribution in [0.4, 0.5) is 0 Å². The van der Waals surface area contributed by atoms with Gasteiger partial charge < -0.3 is 24.4 Å². The van der Waals surface area contributed by atoms with Crippen LogP contribution in [0.25, 0.3) is 0 Å². The van der Waals surface area contributed by atoms with Gasteiger partial charge in [0.25, 0.3) is 0 Å². The predicted octanol–water partition coefficient (Wildman–Crippen LogP) is 4.36. The molecule has 0 fully saturated rings. The standard InChI is InChI=1S/C25H26O7/c1-3-4-8-18(2)14-30-16-21(17-31-15-19-9-6-5-7-10-19)32-20-11-12-22(24(26)27)23(13-20)25(28)29/h3-13,21H,1-2,14-17H2,(H,26,27)(H,28,29). The summed E-state index contributed by atoms with van der Waals surface area (Å²) < 4.78 is 17.3. The second kappa shape index (κ2) is 12.9. The Hall–Kier alpha value is -3.68. The SMILES string of the molecule is C=CC=CC(=C)COCC(COCc1ccccc1)Oc1ccc(C(=O)O)c(C(=O)O)c1. The largest absolute Gasteiger partial charge is 0.486 e. The van der Waals surface area contributed by atoms with Crippen LogP contribution in [-0.2, 0) is 16.1 Å². The van der Waals surface area contributed by atoms with Crippen LogP contribution in [0, 0.1) is 0 Å². The third kappa shape index (κ3) is 8.22. The molecule has 0 aliphatic carbocycles. The molecule has 32 heavy (non-hydrogen) atoms. The van der Waals surface area contributed by atoms with Gasteiger partial charge >= 0.3 is 11.9 Å². The van der Waals surface area contributed by atoms with Crippen LogP contribution < -0.4 is 4.74 Å². The van der Waals surface area contributed by atoms with E-state index < -0.39 is 18.0 Å². The van der Waals surface area contributed by atoms with Crippen LogP contribution in [0.1, 0.15) is 26.3 Å². The third-order valence-corrected chi connectivity index (χ3v) is 4.23. The van der Waals surface area contributed by atoms with Crippen molar-refractivity contribution >= 4 is 11.9 Å². The number of hydrogen-bond acceptors (Lipinski definition) is 5. The normalized spacial score (nSPS) is 11.8. The van der Waals surface area contributed by atoms with E-state index in [4.69, 9.17) is 14.2 Å². The first-order chi connectivity index (χ1) is 15.4. The van der Waals surface area contributed by atoms with E-state index in [0.29, 0.717) is 6.61 Å². The average Bonchev–Trinajstić information content (AvgIpc) is 2.78. The van der Waals surface area contributed by atoms with Gasteiger partial charge in [-0.2, -0.15) is 0 Å². The molecule has 0 amide bonds. The maximum atomic E-state index is 11.4. The summed E-state index contributed by atoms with van der Waals surface area (Å²) in [5, 5.41) is 18.5. The zero-order valence-electron chi connectivity index (χ0n) is 17.6. The van der Waals surface area contributed by atoms with Gasteiger partial charge in [-0.25, -0.2) is 9.59 Å². The van der Waals surface area contributed by atoms with Gasteiger partial charge in [0, 0.05) is 0 Å². The number of rotatable bonds is 14. The highest BCUT2D eigenvalue weighted by molar-refractivity contribution is 6.02. The number of allylic oxidation sites excluding steroid dienone is 2. The van der Waals surface area contributed by atoms with E-state index in [0.717, 1.165) is 11.1 Å². The second-order valence-corrected chi connectivity index (χ2v) is 6.83. The van der Waals surface area contributed by atoms with Crippen LogP contribution >= 0.6 is 0 Å². The molecule has 0 aliphatic rings. The number of aromatic carboxylic acids is 2. The molecule has 0 radical (unpaired) electrons. The van der Waals surface area contributed by atoms with Crippen molar-refractivity contribution in [1.82, 2.24) is 0 Å². The van der Waals surface area contributed by atoms with E-state index in [1.54, 1.807) is 18.2 Å². The fourth-order valence-electron chi connectivity index (χ4n) is 2.72. The van der Waals surface area contributed by atoms with Crippen molar-refractivity contribution < 1.29 is 34.0 Å². The Morgan fingerprint density at radius 1 is 0.969 bits per heavy atom. The van der Waals surface area contributed by atoms with Gasteiger partial charge in [0.05, 0.1) is 37.6 Å². The summed E-state index contributed by atoms with van der Waals surface area (Å²) in [7, 11) is 0. The predicted molar refractivity (Wildman–Crippen MR) is 120 cm³/mol. The molecule has 7 nitrogen and oxygen atoms in total. The summed E-state index contributed by atoms with van der Waals surface area (Å²) in [6.07, 6.45) is 4.60. The van der Waals surface area contributed by atoms with Crippen LogP contribution in [0.2, 0.25) is 0 Å². The molecule has 0 saturated carbocycles. The van der Waals surface area contributed by atoms with Crippen molar-refractivity contribution in [3.05, 3.63) is 102 Å². The van der Waals surface area contributed by atoms with E-state index in [1.165, 1.54) is 18.2 Å². The van der Waals surface area contributed by atoms with Crippen molar-refractivity contribution in [3.8, 4) is 5.75 Å². The van der Waals surface area contributed by atoms with Crippen molar-refractivity contribution in [1.29, 1.82) is 0 Å². The number of benzene rings is 2. The number of ether oxygens (including phenoxy) is 3. The van der Waals surface area contributed by atoms with E-state index in [-0.39, 0.29) is 36.7 Å². The molecule has 2 N–H and O–H groups in total. The second-order valence-electron chi connectivity index (χ2n) is 6.83. The minimum atomic E-state index is -1.36. The molecular weight excluding hydrogens is 412 g/mol. The molecule has 0 aliphatic heterocycles. The van der Waals surface area contributed by atoms with Gasteiger partial charge in [0.2, 0.25) is 0 Å². The molecule has 2 aromatic carbocycles. The molecular formula is C25H26O7. The van der Waals surface area contributed by atoms with E-state index in [9.17, 15) is 19.8 Å². The zero-order chi connectivity index (χ0) is 23.3. The molecule has 168 valence electrons. The lowest BCUT2D eigenvalue weighted by Gasteiger charge is -2.20. The lowest BCUT2D eigenvalue weighted by atomic mass is 10.1. The molecule has 0 bridgehead atoms. The summed E-state index contributed by atoms with van der Waals surface area (Å²) >= 11 is 0. The van der Waals surface area contributed by atoms with Gasteiger partial charge in [-0.1, -0.05) is 61.7 Å². The van der Waals surface area contributed by atoms with Crippen molar-refractivity contribution in [2.75, 3.05) is 19.8 Å². The van der Waals surface area contributed by atoms with Crippen molar-refractivity contribution in [2.45, 2.75) is 12.7 Å². The number of carboxylic acids is 2. The summed E-state index contributed by atoms with van der Waals surface area (Å²) in [6, 6.07) is 13.4. The molecule has 0 heterocycles. The fraction of sp³-hybridized carbons (Fsp3) is 0.200. The van der Waals surface area contributed by atoms with Crippen LogP contribution in [0.3, 0.4) is 0 Å². The maximum absolute atomic E-state index is 11.4. The highest BCUT2D eigenvalue weighted by atomic mass is 16.6. The first kappa shape index (κ1) is 24.6. The molecule has 2 aromatic rings. The van der Waals surface area contributed by atoms with E-state index in [1.807, 2.05) is 30.3 Å². The quantitative estimate of drug-likeness (QED) is 0.423. The number of hydrogen-bond donors (Lipinski definition) is 2. The van der Waals surface area contributed by atoms with Gasteiger partial charge in [-0.15, -0.1) is 0 Å². The molecule has 1 atom stereocenters. The molecule has 2 rings (SSSR count). The van der Waals surface area contributed by atoms with E-state index in [2.05, 4.69) is 13.2 Å². The Morgan fingerprint density at radius 3 is 2.31 bits per heavy atom. The van der Waals surface area contributed by atoms with Gasteiger partial charge in [0.15, 0.2) is 0 Å². The average molecular weight is 438 g/mol. The van der Waals surface area contributed by atoms with Crippen molar-refractivity contribution in [3.63, 3.8) is 0 Å². The van der Waals surface area contributed by atoms with Gasteiger partial charge in [-0.3, -0.25) is 0 Å². The monoisotopic (exact) mass is 438 g/mol. The Labute approximate surface area is 186 Å². The minimum absolute atomic E-state index is 0.152. The van der Waals surface area contributed by atoms with Crippen molar-refractivity contribution in [2.24, 2.45) is 0 Å². The Morgan fingerprint density at radius 2 is 1.66 bits per heavy atom. The minimum Gasteiger partial charge on any atom is -0.486 e. The Bertz CT molecular complexity index is 964. The third-order valence-electron chi connectivity index (χ3n) is 4.23. The highest BCUT2D eigenvalue weighted by Gasteiger charge is 2.19. The molecule has 1 unspecified atom stereocenters. The first-order valence-electron chi connectivity index (χ1n) is 9.84. The summed E-state index contributed by atoms with van der Waals surface area (Å²) in [5.41, 5.74) is 1.06. The Kier molecular flexibility index (Phi) is 9.90. The summed E-state index contributed by atoms with van der Waals surface area (Å²) in [5.74, 6) is -2.48. The molecule has 0 spiro atoms. The molecule has 0 aromatic heterocycles. The zero-order valence-corrected chi connectivity index (χ0v) is 17.6. The van der Waals surface area contributed by atoms with Gasteiger partial charge in [-0.05, 0) is 29.3 Å². The van der Waals surface area contributed by atoms with Crippen LogP contribution in [-0.4, -0.2) is 48.1 Å². The lowest BCUT2D eigenvalue weighted by molar-refractivity contribution is -0.00618. The smallest absolute Gasteiger partial charge is 0.336 e. The van der Waals surface area contributed by atoms with Crippen LogP contribution in [0.15, 0.2) is 85.5 Å². The van der Waals surface area contributed by atoms with E-state index >= 15 is 0 Å². The lowest BCUT2D eigenvalue weighted by Crippen LogP contribution is -2.29. The van der Waals surface area contributed by atoms with Gasteiger partial charge in [0.1, 0.15) is 11.9 Å². The Balaban J connectivity index is 2.06. The summed E-state index contributed by atoms with van der Waals surface area (Å²) in [4.78, 5) is 22.7. The fourth-order valence-corrected chi connectivity index (χ4v) is 2.72. The molecule has 7 heteroatoms.